The second kappa shape index (κ2) is 17.0. The molecule has 3 aliphatic heterocycles. The van der Waals surface area contributed by atoms with Crippen LogP contribution in [0.2, 0.25) is 0 Å². The van der Waals surface area contributed by atoms with Gasteiger partial charge in [0.25, 0.3) is 6.71 Å². The quantitative estimate of drug-likeness (QED) is 0.154. The van der Waals surface area contributed by atoms with Gasteiger partial charge in [-0.2, -0.15) is 0 Å². The molecule has 0 aromatic heterocycles. The van der Waals surface area contributed by atoms with Crippen LogP contribution in [0.3, 0.4) is 0 Å². The van der Waals surface area contributed by atoms with E-state index >= 15 is 0 Å². The highest BCUT2D eigenvalue weighted by Crippen LogP contribution is 2.62. The van der Waals surface area contributed by atoms with E-state index in [1.807, 2.05) is 0 Å². The van der Waals surface area contributed by atoms with Gasteiger partial charge in [-0.05, 0) is 184 Å². The number of para-hydroxylation sites is 2. The Hall–Kier alpha value is -6.98. The van der Waals surface area contributed by atoms with E-state index in [2.05, 4.69) is 279 Å². The van der Waals surface area contributed by atoms with E-state index in [4.69, 9.17) is 0 Å². The van der Waals surface area contributed by atoms with Crippen molar-refractivity contribution < 1.29 is 0 Å². The Kier molecular flexibility index (Phi) is 11.0. The molecule has 0 bridgehead atoms. The van der Waals surface area contributed by atoms with E-state index in [-0.39, 0.29) is 33.9 Å². The van der Waals surface area contributed by atoms with E-state index in [1.165, 1.54) is 108 Å². The average Bonchev–Trinajstić information content (AvgIpc) is 3.63. The molecule has 4 nitrogen and oxygen atoms in total. The van der Waals surface area contributed by atoms with Gasteiger partial charge in [0.05, 0.1) is 5.54 Å². The predicted molar refractivity (Wildman–Crippen MR) is 319 cm³/mol. The van der Waals surface area contributed by atoms with E-state index in [1.54, 1.807) is 0 Å². The third-order valence-corrected chi connectivity index (χ3v) is 17.7. The zero-order valence-corrected chi connectivity index (χ0v) is 45.9. The first-order chi connectivity index (χ1) is 35.2. The standard InChI is InChI=1S/C69H73BN4/c1-46-40-62-64-63(41-46)73(53-27-21-22-48(42-53)66(5,6)7)60-43-49(67(8,9)10)30-35-57(60)70(64)58-36-33-55(45-61(58)72(62)52-31-28-47(29-32-52)65(2,3)4)74-59-37-34-54(44-56(59)68(11)38-19-20-39-69(68,74)12)71(50-23-15-13-16-24-50)51-25-17-14-18-26-51/h13-18,21-37,40-45H,19-20,38-39H2,1-12H3. The van der Waals surface area contributed by atoms with Gasteiger partial charge >= 0.3 is 0 Å². The first kappa shape index (κ1) is 48.0. The molecule has 0 amide bonds. The van der Waals surface area contributed by atoms with E-state index < -0.39 is 0 Å². The normalized spacial score (nSPS) is 18.9. The van der Waals surface area contributed by atoms with Gasteiger partial charge in [-0.1, -0.05) is 161 Å². The van der Waals surface area contributed by atoms with Crippen LogP contribution in [0.1, 0.15) is 130 Å². The Morgan fingerprint density at radius 1 is 0.432 bits per heavy atom. The van der Waals surface area contributed by atoms with Crippen LogP contribution >= 0.6 is 0 Å². The molecule has 8 aromatic carbocycles. The second-order valence-corrected chi connectivity index (χ2v) is 25.5. The minimum atomic E-state index is -0.150. The fraction of sp³-hybridized carbons (Fsp3) is 0.304. The number of fused-ring (bicyclic) bond motifs is 7. The highest BCUT2D eigenvalue weighted by molar-refractivity contribution is 7.00. The number of benzene rings is 8. The van der Waals surface area contributed by atoms with Gasteiger partial charge in [0.15, 0.2) is 0 Å². The molecular formula is C69H73BN4. The highest BCUT2D eigenvalue weighted by Gasteiger charge is 2.58. The Morgan fingerprint density at radius 3 is 1.59 bits per heavy atom. The first-order valence-electron chi connectivity index (χ1n) is 27.3. The van der Waals surface area contributed by atoms with Crippen LogP contribution in [0.25, 0.3) is 0 Å². The lowest BCUT2D eigenvalue weighted by molar-refractivity contribution is 0.195. The van der Waals surface area contributed by atoms with Crippen LogP contribution in [-0.2, 0) is 21.7 Å². The number of hydrogen-bond acceptors (Lipinski definition) is 4. The number of aryl methyl sites for hydroxylation is 1. The maximum absolute atomic E-state index is 2.77. The summed E-state index contributed by atoms with van der Waals surface area (Å²) in [7, 11) is 0. The topological polar surface area (TPSA) is 13.0 Å². The summed E-state index contributed by atoms with van der Waals surface area (Å²) in [5.74, 6) is 0. The monoisotopic (exact) mass is 969 g/mol. The second-order valence-electron chi connectivity index (χ2n) is 25.5. The lowest BCUT2D eigenvalue weighted by Gasteiger charge is -2.50. The van der Waals surface area contributed by atoms with Crippen LogP contribution in [0, 0.1) is 6.92 Å². The smallest absolute Gasteiger partial charge is 0.252 e. The van der Waals surface area contributed by atoms with E-state index in [0.717, 1.165) is 24.2 Å². The molecule has 0 saturated heterocycles. The maximum atomic E-state index is 2.77. The summed E-state index contributed by atoms with van der Waals surface area (Å²) in [6, 6.07) is 67.7. The summed E-state index contributed by atoms with van der Waals surface area (Å²) in [6.45, 7) is 28.4. The summed E-state index contributed by atoms with van der Waals surface area (Å²) in [4.78, 5) is 10.4. The highest BCUT2D eigenvalue weighted by atomic mass is 15.3. The Balaban J connectivity index is 1.09. The largest absolute Gasteiger partial charge is 0.334 e. The molecule has 8 aromatic rings. The van der Waals surface area contributed by atoms with Crippen LogP contribution in [0.15, 0.2) is 176 Å². The maximum Gasteiger partial charge on any atom is 0.252 e. The molecule has 2 atom stereocenters. The van der Waals surface area contributed by atoms with Crippen molar-refractivity contribution in [1.82, 2.24) is 0 Å². The van der Waals surface area contributed by atoms with Crippen molar-refractivity contribution >= 4 is 85.7 Å². The molecule has 2 unspecified atom stereocenters. The van der Waals surface area contributed by atoms with Crippen LogP contribution in [-0.4, -0.2) is 12.3 Å². The Labute approximate surface area is 442 Å². The molecule has 3 heterocycles. The molecule has 74 heavy (non-hydrogen) atoms. The molecule has 5 heteroatoms. The van der Waals surface area contributed by atoms with Crippen molar-refractivity contribution in [1.29, 1.82) is 0 Å². The lowest BCUT2D eigenvalue weighted by atomic mass is 9.33. The van der Waals surface area contributed by atoms with Gasteiger partial charge in [-0.25, -0.2) is 0 Å². The van der Waals surface area contributed by atoms with Crippen molar-refractivity contribution in [2.24, 2.45) is 0 Å². The van der Waals surface area contributed by atoms with Crippen molar-refractivity contribution in [3.63, 3.8) is 0 Å². The van der Waals surface area contributed by atoms with Crippen molar-refractivity contribution in [3.05, 3.63) is 204 Å². The molecule has 4 aliphatic rings. The summed E-state index contributed by atoms with van der Waals surface area (Å²) in [5.41, 5.74) is 24.0. The summed E-state index contributed by atoms with van der Waals surface area (Å²) in [6.07, 6.45) is 4.69. The lowest BCUT2D eigenvalue weighted by Crippen LogP contribution is -2.61. The van der Waals surface area contributed by atoms with Gasteiger partial charge in [0.1, 0.15) is 0 Å². The molecule has 0 N–H and O–H groups in total. The minimum absolute atomic E-state index is 0.00192. The molecular weight excluding hydrogens is 896 g/mol. The van der Waals surface area contributed by atoms with Crippen LogP contribution < -0.4 is 36.0 Å². The molecule has 12 rings (SSSR count). The predicted octanol–water partition coefficient (Wildman–Crippen LogP) is 17.2. The number of hydrogen-bond donors (Lipinski definition) is 0. The fourth-order valence-corrected chi connectivity index (χ4v) is 13.4. The van der Waals surface area contributed by atoms with Gasteiger partial charge in [0, 0.05) is 68.0 Å². The summed E-state index contributed by atoms with van der Waals surface area (Å²) >= 11 is 0. The number of nitrogens with zero attached hydrogens (tertiary/aromatic N) is 4. The van der Waals surface area contributed by atoms with Gasteiger partial charge in [-0.15, -0.1) is 0 Å². The molecule has 1 aliphatic carbocycles. The minimum Gasteiger partial charge on any atom is -0.334 e. The van der Waals surface area contributed by atoms with Crippen LogP contribution in [0.5, 0.6) is 0 Å². The Bertz CT molecular complexity index is 3430. The van der Waals surface area contributed by atoms with E-state index in [0.29, 0.717) is 0 Å². The summed E-state index contributed by atoms with van der Waals surface area (Å²) in [5, 5.41) is 0. The number of anilines is 11. The summed E-state index contributed by atoms with van der Waals surface area (Å²) < 4.78 is 0. The SMILES string of the molecule is Cc1cc2c3c(c1)N(c1cccc(C(C)(C)C)c1)c1cc(C(C)(C)C)ccc1B3c1ccc(N3c4ccc(N(c5ccccc5)c5ccccc5)cc4C4(C)CCCCC34C)cc1N2c1ccc(C(C)(C)C)cc1. The molecule has 0 radical (unpaired) electrons. The molecule has 1 saturated carbocycles. The first-order valence-corrected chi connectivity index (χ1v) is 27.3. The third kappa shape index (κ3) is 7.54. The van der Waals surface area contributed by atoms with Crippen molar-refractivity contribution in [2.45, 2.75) is 136 Å². The van der Waals surface area contributed by atoms with Crippen molar-refractivity contribution in [3.8, 4) is 0 Å². The van der Waals surface area contributed by atoms with Crippen molar-refractivity contribution in [2.75, 3.05) is 19.6 Å². The van der Waals surface area contributed by atoms with Gasteiger partial charge < -0.3 is 19.6 Å². The number of rotatable bonds is 6. The Morgan fingerprint density at radius 2 is 0.973 bits per heavy atom. The average molecular weight is 969 g/mol. The molecule has 372 valence electrons. The molecule has 1 fully saturated rings. The molecule has 0 spiro atoms. The van der Waals surface area contributed by atoms with Crippen LogP contribution in [0.4, 0.5) is 62.6 Å². The van der Waals surface area contributed by atoms with Gasteiger partial charge in [-0.3, -0.25) is 0 Å². The van der Waals surface area contributed by atoms with Gasteiger partial charge in [0.2, 0.25) is 0 Å². The zero-order chi connectivity index (χ0) is 51.7. The zero-order valence-electron chi connectivity index (χ0n) is 45.9. The third-order valence-electron chi connectivity index (χ3n) is 17.7. The fourth-order valence-electron chi connectivity index (χ4n) is 13.4. The van der Waals surface area contributed by atoms with E-state index in [9.17, 15) is 0 Å².